The monoisotopic (exact) mass is 280 g/mol. The molecular weight excluding hydrogens is 267 g/mol. The van der Waals surface area contributed by atoms with Crippen molar-refractivity contribution in [3.8, 4) is 6.07 Å². The van der Waals surface area contributed by atoms with Crippen LogP contribution in [-0.4, -0.2) is 37.5 Å². The van der Waals surface area contributed by atoms with Crippen molar-refractivity contribution in [2.45, 2.75) is 6.42 Å². The third kappa shape index (κ3) is 3.26. The number of nitrogens with zero attached hydrogens (tertiary/aromatic N) is 3. The summed E-state index contributed by atoms with van der Waals surface area (Å²) < 4.78 is 0. The van der Waals surface area contributed by atoms with Crippen LogP contribution in [0.3, 0.4) is 0 Å². The van der Waals surface area contributed by atoms with Gasteiger partial charge in [-0.3, -0.25) is 4.99 Å². The molecule has 5 heteroatoms. The molecule has 12 heavy (non-hydrogen) atoms. The van der Waals surface area contributed by atoms with Crippen LogP contribution in [0, 0.1) is 11.3 Å². The van der Waals surface area contributed by atoms with Crippen molar-refractivity contribution in [2.24, 2.45) is 4.99 Å². The average molecular weight is 280 g/mol. The molecule has 1 rings (SSSR count). The molecule has 0 unspecified atom stereocenters. The summed E-state index contributed by atoms with van der Waals surface area (Å²) >= 11 is 0. The SMILES string of the molecule is CN1CCN=C1NCCC#N.I. The summed E-state index contributed by atoms with van der Waals surface area (Å²) in [5.74, 6) is 0.917. The van der Waals surface area contributed by atoms with E-state index in [1.54, 1.807) is 0 Å². The second-order valence-corrected chi connectivity index (χ2v) is 2.46. The highest BCUT2D eigenvalue weighted by Crippen LogP contribution is 1.94. The first-order valence-electron chi connectivity index (χ1n) is 3.71. The highest BCUT2D eigenvalue weighted by Gasteiger charge is 2.10. The number of nitriles is 1. The minimum absolute atomic E-state index is 0. The molecule has 1 N–H and O–H groups in total. The number of aliphatic imine (C=N–C) groups is 1. The molecular formula is C7H13IN4. The lowest BCUT2D eigenvalue weighted by Gasteiger charge is -2.13. The van der Waals surface area contributed by atoms with Crippen molar-refractivity contribution in [3.05, 3.63) is 0 Å². The van der Waals surface area contributed by atoms with Crippen LogP contribution in [0.1, 0.15) is 6.42 Å². The van der Waals surface area contributed by atoms with E-state index in [0.29, 0.717) is 13.0 Å². The highest BCUT2D eigenvalue weighted by molar-refractivity contribution is 14.0. The topological polar surface area (TPSA) is 51.4 Å². The van der Waals surface area contributed by atoms with E-state index in [9.17, 15) is 0 Å². The fourth-order valence-electron chi connectivity index (χ4n) is 0.954. The predicted molar refractivity (Wildman–Crippen MR) is 58.6 cm³/mol. The Labute approximate surface area is 89.7 Å². The Kier molecular flexibility index (Phi) is 5.80. The quantitative estimate of drug-likeness (QED) is 0.589. The predicted octanol–water partition coefficient (Wildman–Crippen LogP) is 0.409. The zero-order chi connectivity index (χ0) is 8.10. The van der Waals surface area contributed by atoms with Crippen molar-refractivity contribution in [2.75, 3.05) is 26.7 Å². The van der Waals surface area contributed by atoms with Gasteiger partial charge in [0.15, 0.2) is 5.96 Å². The third-order valence-corrected chi connectivity index (χ3v) is 1.58. The Morgan fingerprint density at radius 2 is 2.50 bits per heavy atom. The Balaban J connectivity index is 0.00000121. The summed E-state index contributed by atoms with van der Waals surface area (Å²) in [6.45, 7) is 2.54. The van der Waals surface area contributed by atoms with Crippen LogP contribution in [0.15, 0.2) is 4.99 Å². The summed E-state index contributed by atoms with van der Waals surface area (Å²) in [6.07, 6.45) is 0.535. The molecule has 0 spiro atoms. The molecule has 0 aromatic heterocycles. The van der Waals surface area contributed by atoms with Gasteiger partial charge in [0.05, 0.1) is 19.0 Å². The van der Waals surface area contributed by atoms with Crippen molar-refractivity contribution in [1.82, 2.24) is 10.2 Å². The number of rotatable bonds is 2. The van der Waals surface area contributed by atoms with Crippen molar-refractivity contribution in [1.29, 1.82) is 5.26 Å². The average Bonchev–Trinajstić information content (AvgIpc) is 2.37. The fourth-order valence-corrected chi connectivity index (χ4v) is 0.954. The summed E-state index contributed by atoms with van der Waals surface area (Å²) in [7, 11) is 1.99. The first-order valence-corrected chi connectivity index (χ1v) is 3.71. The van der Waals surface area contributed by atoms with E-state index < -0.39 is 0 Å². The van der Waals surface area contributed by atoms with Crippen LogP contribution in [0.4, 0.5) is 0 Å². The Hall–Kier alpha value is -0.510. The largest absolute Gasteiger partial charge is 0.355 e. The maximum absolute atomic E-state index is 8.26. The van der Waals surface area contributed by atoms with Gasteiger partial charge in [-0.25, -0.2) is 0 Å². The van der Waals surface area contributed by atoms with E-state index in [1.165, 1.54) is 0 Å². The molecule has 0 bridgehead atoms. The van der Waals surface area contributed by atoms with E-state index in [0.717, 1.165) is 19.0 Å². The molecule has 4 nitrogen and oxygen atoms in total. The van der Waals surface area contributed by atoms with Gasteiger partial charge in [0.25, 0.3) is 0 Å². The molecule has 0 aromatic carbocycles. The smallest absolute Gasteiger partial charge is 0.193 e. The van der Waals surface area contributed by atoms with Crippen molar-refractivity contribution in [3.63, 3.8) is 0 Å². The number of hydrogen-bond donors (Lipinski definition) is 1. The molecule has 0 aromatic rings. The lowest BCUT2D eigenvalue weighted by Crippen LogP contribution is -2.35. The van der Waals surface area contributed by atoms with Crippen LogP contribution in [0.5, 0.6) is 0 Å². The van der Waals surface area contributed by atoms with Crippen molar-refractivity contribution < 1.29 is 0 Å². The second kappa shape index (κ2) is 6.06. The van der Waals surface area contributed by atoms with E-state index in [-0.39, 0.29) is 24.0 Å². The number of hydrogen-bond acceptors (Lipinski definition) is 4. The van der Waals surface area contributed by atoms with E-state index in [1.807, 2.05) is 7.05 Å². The molecule has 0 saturated carbocycles. The highest BCUT2D eigenvalue weighted by atomic mass is 127. The van der Waals surface area contributed by atoms with Gasteiger partial charge in [0.2, 0.25) is 0 Å². The zero-order valence-corrected chi connectivity index (χ0v) is 9.41. The lowest BCUT2D eigenvalue weighted by atomic mass is 10.5. The van der Waals surface area contributed by atoms with Crippen LogP contribution in [-0.2, 0) is 0 Å². The van der Waals surface area contributed by atoms with Crippen molar-refractivity contribution >= 4 is 29.9 Å². The number of halogens is 1. The Morgan fingerprint density at radius 1 is 1.75 bits per heavy atom. The minimum Gasteiger partial charge on any atom is -0.355 e. The van der Waals surface area contributed by atoms with E-state index in [4.69, 9.17) is 5.26 Å². The van der Waals surface area contributed by atoms with Gasteiger partial charge in [-0.05, 0) is 0 Å². The maximum Gasteiger partial charge on any atom is 0.193 e. The lowest BCUT2D eigenvalue weighted by molar-refractivity contribution is 0.535. The molecule has 1 aliphatic heterocycles. The first-order chi connectivity index (χ1) is 5.34. The van der Waals surface area contributed by atoms with Gasteiger partial charge in [0, 0.05) is 20.1 Å². The molecule has 0 fully saturated rings. The number of likely N-dealkylation sites (N-methyl/N-ethyl adjacent to an activating group) is 1. The minimum atomic E-state index is 0. The maximum atomic E-state index is 8.26. The molecule has 68 valence electrons. The Morgan fingerprint density at radius 3 is 3.00 bits per heavy atom. The molecule has 0 aliphatic carbocycles. The van der Waals surface area contributed by atoms with Crippen LogP contribution >= 0.6 is 24.0 Å². The van der Waals surface area contributed by atoms with Gasteiger partial charge in [0.1, 0.15) is 0 Å². The van der Waals surface area contributed by atoms with Gasteiger partial charge >= 0.3 is 0 Å². The van der Waals surface area contributed by atoms with Gasteiger partial charge in [-0.1, -0.05) is 0 Å². The first kappa shape index (κ1) is 11.5. The van der Waals surface area contributed by atoms with E-state index in [2.05, 4.69) is 21.3 Å². The van der Waals surface area contributed by atoms with E-state index >= 15 is 0 Å². The number of guanidine groups is 1. The summed E-state index contributed by atoms with van der Waals surface area (Å²) in [6, 6.07) is 2.07. The van der Waals surface area contributed by atoms with Gasteiger partial charge in [-0.15, -0.1) is 24.0 Å². The summed E-state index contributed by atoms with van der Waals surface area (Å²) in [5, 5.41) is 11.3. The molecule has 0 amide bonds. The normalized spacial score (nSPS) is 14.7. The Bertz CT molecular complexity index is 196. The molecule has 0 radical (unpaired) electrons. The number of nitrogens with one attached hydrogen (secondary N) is 1. The fraction of sp³-hybridized carbons (Fsp3) is 0.714. The molecule has 1 heterocycles. The van der Waals surface area contributed by atoms with Gasteiger partial charge in [-0.2, -0.15) is 5.26 Å². The van der Waals surface area contributed by atoms with Crippen LogP contribution in [0.2, 0.25) is 0 Å². The van der Waals surface area contributed by atoms with Crippen LogP contribution < -0.4 is 5.32 Å². The van der Waals surface area contributed by atoms with Gasteiger partial charge < -0.3 is 10.2 Å². The molecule has 0 saturated heterocycles. The zero-order valence-electron chi connectivity index (χ0n) is 7.08. The third-order valence-electron chi connectivity index (χ3n) is 1.58. The molecule has 0 atom stereocenters. The standard InChI is InChI=1S/C7H12N4.HI/c1-11-6-5-10-7(11)9-4-2-3-8;/h2,4-6H2,1H3,(H,9,10);1H. The second-order valence-electron chi connectivity index (χ2n) is 2.46. The molecule has 1 aliphatic rings. The summed E-state index contributed by atoms with van der Waals surface area (Å²) in [4.78, 5) is 6.26. The van der Waals surface area contributed by atoms with Crippen LogP contribution in [0.25, 0.3) is 0 Å². The summed E-state index contributed by atoms with van der Waals surface area (Å²) in [5.41, 5.74) is 0.